The van der Waals surface area contributed by atoms with E-state index in [2.05, 4.69) is 0 Å². The summed E-state index contributed by atoms with van der Waals surface area (Å²) in [6.45, 7) is 0. The molecule has 1 aromatic carbocycles. The first-order valence-electron chi connectivity index (χ1n) is 4.55. The highest BCUT2D eigenvalue weighted by Crippen LogP contribution is 2.47. The lowest BCUT2D eigenvalue weighted by atomic mass is 9.96. The van der Waals surface area contributed by atoms with Crippen molar-refractivity contribution in [3.8, 4) is 5.75 Å². The van der Waals surface area contributed by atoms with Crippen LogP contribution in [0, 0.1) is 0 Å². The SMILES string of the molecule is COc1ccc(C2(C(=O)[O-])CC2)cc1. The summed E-state index contributed by atoms with van der Waals surface area (Å²) < 4.78 is 5.00. The lowest BCUT2D eigenvalue weighted by molar-refractivity contribution is -0.309. The molecule has 1 fully saturated rings. The molecule has 0 radical (unpaired) electrons. The Labute approximate surface area is 82.3 Å². The molecule has 0 saturated heterocycles. The molecule has 3 heteroatoms. The third-order valence-corrected chi connectivity index (χ3v) is 2.78. The van der Waals surface area contributed by atoms with Crippen LogP contribution in [0.15, 0.2) is 24.3 Å². The minimum absolute atomic E-state index is 0.682. The Morgan fingerprint density at radius 1 is 1.36 bits per heavy atom. The highest BCUT2D eigenvalue weighted by Gasteiger charge is 2.45. The van der Waals surface area contributed by atoms with Crippen LogP contribution in [0.5, 0.6) is 5.75 Å². The molecular formula is C11H11O3-. The molecule has 74 valence electrons. The number of hydrogen-bond acceptors (Lipinski definition) is 3. The van der Waals surface area contributed by atoms with Gasteiger partial charge in [-0.1, -0.05) is 12.1 Å². The average molecular weight is 191 g/mol. The van der Waals surface area contributed by atoms with E-state index in [0.717, 1.165) is 11.3 Å². The van der Waals surface area contributed by atoms with Crippen LogP contribution >= 0.6 is 0 Å². The first-order chi connectivity index (χ1) is 6.69. The van der Waals surface area contributed by atoms with E-state index >= 15 is 0 Å². The second-order valence-electron chi connectivity index (χ2n) is 3.60. The molecule has 1 aliphatic rings. The largest absolute Gasteiger partial charge is 0.549 e. The lowest BCUT2D eigenvalue weighted by Gasteiger charge is -2.16. The van der Waals surface area contributed by atoms with Gasteiger partial charge in [0.2, 0.25) is 0 Å². The Bertz CT molecular complexity index is 349. The predicted octanol–water partition coefficient (Wildman–Crippen LogP) is 0.477. The monoisotopic (exact) mass is 191 g/mol. The van der Waals surface area contributed by atoms with Crippen molar-refractivity contribution < 1.29 is 14.6 Å². The number of hydrogen-bond donors (Lipinski definition) is 0. The Kier molecular flexibility index (Phi) is 1.95. The quantitative estimate of drug-likeness (QED) is 0.698. The first kappa shape index (κ1) is 9.06. The zero-order chi connectivity index (χ0) is 10.2. The lowest BCUT2D eigenvalue weighted by Crippen LogP contribution is -2.35. The molecule has 0 N–H and O–H groups in total. The van der Waals surface area contributed by atoms with Crippen LogP contribution in [0.3, 0.4) is 0 Å². The van der Waals surface area contributed by atoms with Gasteiger partial charge < -0.3 is 14.6 Å². The van der Waals surface area contributed by atoms with Crippen LogP contribution < -0.4 is 9.84 Å². The van der Waals surface area contributed by atoms with Crippen molar-refractivity contribution in [3.05, 3.63) is 29.8 Å². The molecule has 14 heavy (non-hydrogen) atoms. The van der Waals surface area contributed by atoms with Gasteiger partial charge >= 0.3 is 0 Å². The number of ether oxygens (including phenoxy) is 1. The van der Waals surface area contributed by atoms with Gasteiger partial charge in [-0.2, -0.15) is 0 Å². The molecule has 0 aliphatic heterocycles. The van der Waals surface area contributed by atoms with Gasteiger partial charge in [0.1, 0.15) is 5.75 Å². The summed E-state index contributed by atoms with van der Waals surface area (Å²) in [6, 6.07) is 7.14. The molecule has 0 heterocycles. The van der Waals surface area contributed by atoms with E-state index in [0.29, 0.717) is 12.8 Å². The fourth-order valence-corrected chi connectivity index (χ4v) is 1.65. The number of methoxy groups -OCH3 is 1. The molecule has 1 aromatic rings. The Morgan fingerprint density at radius 2 is 1.93 bits per heavy atom. The Morgan fingerprint density at radius 3 is 2.29 bits per heavy atom. The van der Waals surface area contributed by atoms with Crippen molar-refractivity contribution in [2.75, 3.05) is 7.11 Å². The van der Waals surface area contributed by atoms with Crippen molar-refractivity contribution in [2.24, 2.45) is 0 Å². The highest BCUT2D eigenvalue weighted by molar-refractivity contribution is 5.83. The van der Waals surface area contributed by atoms with E-state index < -0.39 is 11.4 Å². The second kappa shape index (κ2) is 3.01. The fraction of sp³-hybridized carbons (Fsp3) is 0.364. The van der Waals surface area contributed by atoms with Gasteiger partial charge in [0.05, 0.1) is 13.1 Å². The minimum Gasteiger partial charge on any atom is -0.549 e. The first-order valence-corrected chi connectivity index (χ1v) is 4.55. The van der Waals surface area contributed by atoms with Crippen LogP contribution in [0.25, 0.3) is 0 Å². The molecule has 1 saturated carbocycles. The summed E-state index contributed by atoms with van der Waals surface area (Å²) in [4.78, 5) is 10.9. The molecule has 2 rings (SSSR count). The van der Waals surface area contributed by atoms with Gasteiger partial charge in [0.25, 0.3) is 0 Å². The smallest absolute Gasteiger partial charge is 0.118 e. The molecule has 0 spiro atoms. The summed E-state index contributed by atoms with van der Waals surface area (Å²) in [5, 5.41) is 10.9. The number of carboxylic acid groups (broad SMARTS) is 1. The highest BCUT2D eigenvalue weighted by atomic mass is 16.5. The molecule has 3 nitrogen and oxygen atoms in total. The van der Waals surface area contributed by atoms with Crippen molar-refractivity contribution in [1.29, 1.82) is 0 Å². The van der Waals surface area contributed by atoms with Gasteiger partial charge in [0, 0.05) is 5.41 Å². The average Bonchev–Trinajstić information content (AvgIpc) is 2.99. The maximum absolute atomic E-state index is 10.9. The van der Waals surface area contributed by atoms with Crippen molar-refractivity contribution in [1.82, 2.24) is 0 Å². The maximum atomic E-state index is 10.9. The number of benzene rings is 1. The summed E-state index contributed by atoms with van der Waals surface area (Å²) in [6.07, 6.45) is 1.36. The van der Waals surface area contributed by atoms with Crippen molar-refractivity contribution in [3.63, 3.8) is 0 Å². The van der Waals surface area contributed by atoms with E-state index in [1.165, 1.54) is 0 Å². The van der Waals surface area contributed by atoms with E-state index in [9.17, 15) is 9.90 Å². The van der Waals surface area contributed by atoms with Crippen LogP contribution in [0.1, 0.15) is 18.4 Å². The van der Waals surface area contributed by atoms with E-state index in [1.807, 2.05) is 0 Å². The molecular weight excluding hydrogens is 180 g/mol. The van der Waals surface area contributed by atoms with Crippen LogP contribution in [-0.2, 0) is 10.2 Å². The maximum Gasteiger partial charge on any atom is 0.118 e. The number of carbonyl (C=O) groups excluding carboxylic acids is 1. The molecule has 0 atom stereocenters. The van der Waals surface area contributed by atoms with Crippen LogP contribution in [0.2, 0.25) is 0 Å². The normalized spacial score (nSPS) is 17.5. The molecule has 0 unspecified atom stereocenters. The van der Waals surface area contributed by atoms with Crippen LogP contribution in [-0.4, -0.2) is 13.1 Å². The van der Waals surface area contributed by atoms with Gasteiger partial charge in [-0.05, 0) is 30.5 Å². The zero-order valence-corrected chi connectivity index (χ0v) is 7.95. The number of rotatable bonds is 3. The van der Waals surface area contributed by atoms with Gasteiger partial charge in [-0.15, -0.1) is 0 Å². The standard InChI is InChI=1S/C11H12O3/c1-14-9-4-2-8(3-5-9)11(6-7-11)10(12)13/h2-5H,6-7H2,1H3,(H,12,13)/p-1. The van der Waals surface area contributed by atoms with Gasteiger partial charge in [-0.25, -0.2) is 0 Å². The molecule has 0 amide bonds. The second-order valence-corrected chi connectivity index (χ2v) is 3.60. The third kappa shape index (κ3) is 1.25. The topological polar surface area (TPSA) is 49.4 Å². The summed E-state index contributed by atoms with van der Waals surface area (Å²) in [5.41, 5.74) is 0.102. The molecule has 0 bridgehead atoms. The summed E-state index contributed by atoms with van der Waals surface area (Å²) >= 11 is 0. The Hall–Kier alpha value is -1.51. The number of carbonyl (C=O) groups is 1. The fourth-order valence-electron chi connectivity index (χ4n) is 1.65. The van der Waals surface area contributed by atoms with Crippen molar-refractivity contribution in [2.45, 2.75) is 18.3 Å². The van der Waals surface area contributed by atoms with E-state index in [1.54, 1.807) is 31.4 Å². The predicted molar refractivity (Wildman–Crippen MR) is 48.9 cm³/mol. The minimum atomic E-state index is -0.970. The Balaban J connectivity index is 2.29. The van der Waals surface area contributed by atoms with Gasteiger partial charge in [-0.3, -0.25) is 0 Å². The zero-order valence-electron chi connectivity index (χ0n) is 7.95. The third-order valence-electron chi connectivity index (χ3n) is 2.78. The molecule has 0 aromatic heterocycles. The van der Waals surface area contributed by atoms with Crippen LogP contribution in [0.4, 0.5) is 0 Å². The van der Waals surface area contributed by atoms with E-state index in [-0.39, 0.29) is 0 Å². The summed E-state index contributed by atoms with van der Waals surface area (Å²) in [5.74, 6) is -0.231. The molecule has 1 aliphatic carbocycles. The van der Waals surface area contributed by atoms with E-state index in [4.69, 9.17) is 4.74 Å². The number of aliphatic carboxylic acids is 1. The summed E-state index contributed by atoms with van der Waals surface area (Å²) in [7, 11) is 1.58. The number of carboxylic acids is 1. The van der Waals surface area contributed by atoms with Gasteiger partial charge in [0.15, 0.2) is 0 Å². The van der Waals surface area contributed by atoms with Crippen molar-refractivity contribution >= 4 is 5.97 Å².